The van der Waals surface area contributed by atoms with E-state index in [9.17, 15) is 13.6 Å². The van der Waals surface area contributed by atoms with E-state index >= 15 is 0 Å². The summed E-state index contributed by atoms with van der Waals surface area (Å²) in [6.45, 7) is 0. The van der Waals surface area contributed by atoms with Gasteiger partial charge in [-0.2, -0.15) is 0 Å². The van der Waals surface area contributed by atoms with Crippen LogP contribution in [-0.2, 0) is 4.79 Å². The van der Waals surface area contributed by atoms with Crippen molar-refractivity contribution in [3.63, 3.8) is 0 Å². The topological polar surface area (TPSA) is 37.3 Å². The van der Waals surface area contributed by atoms with E-state index in [1.807, 2.05) is 18.2 Å². The fourth-order valence-corrected chi connectivity index (χ4v) is 8.86. The Kier molecular flexibility index (Phi) is 11.3. The molecule has 0 unspecified atom stereocenters. The highest BCUT2D eigenvalue weighted by molar-refractivity contribution is 7.95. The zero-order valence-corrected chi connectivity index (χ0v) is 21.7. The fourth-order valence-electron chi connectivity index (χ4n) is 4.45. The van der Waals surface area contributed by atoms with E-state index in [0.29, 0.717) is 12.8 Å². The van der Waals surface area contributed by atoms with Crippen LogP contribution in [0.2, 0.25) is 0 Å². The molecule has 3 rings (SSSR count). The molecule has 0 aliphatic carbocycles. The standard InChI is InChI=1S/C28H31F2O2P.BrH/c29-28(30,23-27(31)32)21-13-2-1-3-14-22-33(24-15-7-4-8-16-24,25-17-9-5-10-18-25)26-19-11-6-12-20-26;/h4-12,15-20H,1-3,13-14,21-23H2;1H. The maximum absolute atomic E-state index is 13.6. The van der Waals surface area contributed by atoms with Crippen molar-refractivity contribution in [3.05, 3.63) is 91.0 Å². The van der Waals surface area contributed by atoms with Crippen LogP contribution in [-0.4, -0.2) is 23.2 Å². The first-order valence-electron chi connectivity index (χ1n) is 11.6. The van der Waals surface area contributed by atoms with Gasteiger partial charge in [-0.25, -0.2) is 8.78 Å². The number of rotatable bonds is 13. The number of aliphatic carboxylic acids is 1. The van der Waals surface area contributed by atoms with Gasteiger partial charge in [-0.15, -0.1) is 0 Å². The van der Waals surface area contributed by atoms with E-state index in [4.69, 9.17) is 5.11 Å². The zero-order valence-electron chi connectivity index (χ0n) is 19.3. The van der Waals surface area contributed by atoms with Crippen molar-refractivity contribution >= 4 is 29.1 Å². The van der Waals surface area contributed by atoms with Crippen molar-refractivity contribution in [2.24, 2.45) is 0 Å². The molecule has 0 atom stereocenters. The third-order valence-electron chi connectivity index (χ3n) is 6.04. The molecule has 3 aromatic carbocycles. The minimum absolute atomic E-state index is 0. The quantitative estimate of drug-likeness (QED) is 0.262. The van der Waals surface area contributed by atoms with Crippen molar-refractivity contribution in [2.75, 3.05) is 6.16 Å². The van der Waals surface area contributed by atoms with E-state index in [1.165, 1.54) is 15.9 Å². The molecule has 182 valence electrons. The molecule has 0 aliphatic heterocycles. The smallest absolute Gasteiger partial charge is 0.309 e. The predicted molar refractivity (Wildman–Crippen MR) is 135 cm³/mol. The largest absolute Gasteiger partial charge is 1.00 e. The van der Waals surface area contributed by atoms with Gasteiger partial charge >= 0.3 is 5.97 Å². The van der Waals surface area contributed by atoms with Crippen molar-refractivity contribution in [2.45, 2.75) is 50.9 Å². The van der Waals surface area contributed by atoms with Crippen LogP contribution in [0.3, 0.4) is 0 Å². The lowest BCUT2D eigenvalue weighted by Gasteiger charge is -2.27. The van der Waals surface area contributed by atoms with Gasteiger partial charge in [-0.3, -0.25) is 4.79 Å². The molecule has 0 amide bonds. The van der Waals surface area contributed by atoms with Gasteiger partial charge in [0.05, 0.1) is 6.16 Å². The van der Waals surface area contributed by atoms with Crippen LogP contribution in [0.1, 0.15) is 44.9 Å². The Hall–Kier alpha value is -2.10. The number of benzene rings is 3. The molecule has 0 spiro atoms. The maximum Gasteiger partial charge on any atom is 0.309 e. The molecule has 3 aromatic rings. The number of carboxylic acid groups (broad SMARTS) is 1. The molecule has 0 saturated heterocycles. The summed E-state index contributed by atoms with van der Waals surface area (Å²) < 4.78 is 27.2. The highest BCUT2D eigenvalue weighted by Crippen LogP contribution is 2.56. The van der Waals surface area contributed by atoms with Gasteiger partial charge in [0.2, 0.25) is 0 Å². The average molecular weight is 549 g/mol. The second-order valence-corrected chi connectivity index (χ2v) is 12.1. The summed E-state index contributed by atoms with van der Waals surface area (Å²) in [7, 11) is -1.84. The third-order valence-corrected chi connectivity index (χ3v) is 10.6. The number of alkyl halides is 2. The van der Waals surface area contributed by atoms with E-state index in [0.717, 1.165) is 25.4 Å². The number of hydrogen-bond acceptors (Lipinski definition) is 1. The highest BCUT2D eigenvalue weighted by Gasteiger charge is 2.44. The Balaban J connectivity index is 0.00000408. The lowest BCUT2D eigenvalue weighted by Crippen LogP contribution is -3.00. The minimum Gasteiger partial charge on any atom is -1.00 e. The Bertz CT molecular complexity index is 888. The van der Waals surface area contributed by atoms with Gasteiger partial charge < -0.3 is 22.1 Å². The molecule has 0 heterocycles. The number of unbranched alkanes of at least 4 members (excludes halogenated alkanes) is 4. The first kappa shape index (κ1) is 28.1. The molecule has 0 radical (unpaired) electrons. The second kappa shape index (κ2) is 13.7. The van der Waals surface area contributed by atoms with Crippen LogP contribution in [0.15, 0.2) is 91.0 Å². The summed E-state index contributed by atoms with van der Waals surface area (Å²) >= 11 is 0. The molecule has 34 heavy (non-hydrogen) atoms. The van der Waals surface area contributed by atoms with Gasteiger partial charge in [0.1, 0.15) is 29.6 Å². The Morgan fingerprint density at radius 1 is 0.676 bits per heavy atom. The summed E-state index contributed by atoms with van der Waals surface area (Å²) in [4.78, 5) is 10.6. The van der Waals surface area contributed by atoms with Crippen LogP contribution in [0.4, 0.5) is 8.78 Å². The SMILES string of the molecule is O=C(O)CC(F)(F)CCCCCCC[P+](c1ccccc1)(c1ccccc1)c1ccccc1.[Br-]. The van der Waals surface area contributed by atoms with Crippen LogP contribution in [0.5, 0.6) is 0 Å². The van der Waals surface area contributed by atoms with Crippen molar-refractivity contribution in [1.29, 1.82) is 0 Å². The normalized spacial score (nSPS) is 11.6. The van der Waals surface area contributed by atoms with Crippen LogP contribution < -0.4 is 32.9 Å². The van der Waals surface area contributed by atoms with Crippen molar-refractivity contribution < 1.29 is 35.7 Å². The molecule has 0 bridgehead atoms. The van der Waals surface area contributed by atoms with Crippen LogP contribution >= 0.6 is 7.26 Å². The van der Waals surface area contributed by atoms with Gasteiger partial charge in [0.25, 0.3) is 5.92 Å². The summed E-state index contributed by atoms with van der Waals surface area (Å²) in [5, 5.41) is 12.7. The van der Waals surface area contributed by atoms with Crippen molar-refractivity contribution in [3.8, 4) is 0 Å². The molecule has 0 fully saturated rings. The molecule has 2 nitrogen and oxygen atoms in total. The van der Waals surface area contributed by atoms with Gasteiger partial charge in [0, 0.05) is 6.42 Å². The maximum atomic E-state index is 13.6. The first-order chi connectivity index (χ1) is 15.9. The number of hydrogen-bond donors (Lipinski definition) is 1. The minimum atomic E-state index is -3.11. The molecule has 1 N–H and O–H groups in total. The van der Waals surface area contributed by atoms with Crippen molar-refractivity contribution in [1.82, 2.24) is 0 Å². The average Bonchev–Trinajstić information content (AvgIpc) is 2.82. The summed E-state index contributed by atoms with van der Waals surface area (Å²) in [5.41, 5.74) is 0. The van der Waals surface area contributed by atoms with Gasteiger partial charge in [-0.1, -0.05) is 67.4 Å². The molecule has 0 saturated carbocycles. The zero-order chi connectivity index (χ0) is 23.6. The highest BCUT2D eigenvalue weighted by atomic mass is 79.9. The molecular weight excluding hydrogens is 517 g/mol. The van der Waals surface area contributed by atoms with E-state index in [1.54, 1.807) is 0 Å². The Morgan fingerprint density at radius 3 is 1.47 bits per heavy atom. The molecule has 6 heteroatoms. The van der Waals surface area contributed by atoms with E-state index in [2.05, 4.69) is 72.8 Å². The lowest BCUT2D eigenvalue weighted by atomic mass is 10.1. The summed E-state index contributed by atoms with van der Waals surface area (Å²) in [6.07, 6.45) is 3.51. The second-order valence-electron chi connectivity index (χ2n) is 8.48. The van der Waals surface area contributed by atoms with Gasteiger partial charge in [0.15, 0.2) is 0 Å². The van der Waals surface area contributed by atoms with Crippen LogP contribution in [0, 0.1) is 0 Å². The molecule has 0 aromatic heterocycles. The number of halogens is 3. The van der Waals surface area contributed by atoms with E-state index in [-0.39, 0.29) is 23.4 Å². The summed E-state index contributed by atoms with van der Waals surface area (Å²) in [6, 6.07) is 32.2. The molecule has 0 aliphatic rings. The molecular formula is C28H32BrF2O2P. The monoisotopic (exact) mass is 548 g/mol. The Morgan fingerprint density at radius 2 is 1.06 bits per heavy atom. The number of carboxylic acids is 1. The van der Waals surface area contributed by atoms with Crippen LogP contribution in [0.25, 0.3) is 0 Å². The first-order valence-corrected chi connectivity index (χ1v) is 13.6. The number of carbonyl (C=O) groups is 1. The fraction of sp³-hybridized carbons (Fsp3) is 0.321. The van der Waals surface area contributed by atoms with Gasteiger partial charge in [-0.05, 0) is 55.7 Å². The lowest BCUT2D eigenvalue weighted by molar-refractivity contribution is -0.145. The Labute approximate surface area is 212 Å². The van der Waals surface area contributed by atoms with E-state index < -0.39 is 25.6 Å². The summed E-state index contributed by atoms with van der Waals surface area (Å²) in [5.74, 6) is -4.55. The predicted octanol–water partition coefficient (Wildman–Crippen LogP) is 3.44. The third kappa shape index (κ3) is 7.71.